The largest absolute Gasteiger partial charge is 0.378 e. The van der Waals surface area contributed by atoms with Crippen LogP contribution in [0.15, 0.2) is 59.8 Å². The highest BCUT2D eigenvalue weighted by molar-refractivity contribution is 7.99. The number of Topliss-reactive ketones (excluding diaryl/α,β-unsaturated/α-hetero) is 1. The maximum absolute atomic E-state index is 13.1. The van der Waals surface area contributed by atoms with Crippen LogP contribution in [0.5, 0.6) is 0 Å². The second-order valence-electron chi connectivity index (χ2n) is 6.67. The number of morpholine rings is 1. The second kappa shape index (κ2) is 9.19. The minimum atomic E-state index is -0.355. The third kappa shape index (κ3) is 4.83. The van der Waals surface area contributed by atoms with Crippen molar-refractivity contribution in [3.8, 4) is 0 Å². The molecule has 0 spiro atoms. The molecular weight excluding hydrogens is 391 g/mol. The molecule has 0 aliphatic carbocycles. The smallest absolute Gasteiger partial charge is 0.228 e. The van der Waals surface area contributed by atoms with Gasteiger partial charge in [-0.25, -0.2) is 4.39 Å². The van der Waals surface area contributed by atoms with Gasteiger partial charge in [0.15, 0.2) is 10.9 Å². The van der Waals surface area contributed by atoms with E-state index in [2.05, 4.69) is 27.2 Å². The van der Waals surface area contributed by atoms with Crippen LogP contribution in [0.3, 0.4) is 0 Å². The summed E-state index contributed by atoms with van der Waals surface area (Å²) >= 11 is 1.35. The molecule has 1 saturated heterocycles. The predicted molar refractivity (Wildman–Crippen MR) is 110 cm³/mol. The normalized spacial score (nSPS) is 14.2. The Hall–Kier alpha value is -2.71. The van der Waals surface area contributed by atoms with Gasteiger partial charge in [-0.3, -0.25) is 9.36 Å². The average molecular weight is 412 g/mol. The fourth-order valence-electron chi connectivity index (χ4n) is 3.14. The zero-order valence-corrected chi connectivity index (χ0v) is 16.6. The van der Waals surface area contributed by atoms with Crippen LogP contribution >= 0.6 is 11.8 Å². The molecule has 3 aromatic rings. The predicted octanol–water partition coefficient (Wildman–Crippen LogP) is 3.28. The first-order chi connectivity index (χ1) is 14.2. The van der Waals surface area contributed by atoms with Crippen LogP contribution in [-0.4, -0.2) is 52.6 Å². The van der Waals surface area contributed by atoms with E-state index in [0.717, 1.165) is 24.6 Å². The van der Waals surface area contributed by atoms with Gasteiger partial charge in [-0.1, -0.05) is 42.1 Å². The molecule has 150 valence electrons. The summed E-state index contributed by atoms with van der Waals surface area (Å²) in [5, 5.41) is 9.43. The van der Waals surface area contributed by atoms with Gasteiger partial charge in [0.25, 0.3) is 0 Å². The van der Waals surface area contributed by atoms with Crippen molar-refractivity contribution >= 4 is 23.5 Å². The van der Waals surface area contributed by atoms with E-state index >= 15 is 0 Å². The maximum atomic E-state index is 13.1. The van der Waals surface area contributed by atoms with Gasteiger partial charge in [0, 0.05) is 18.7 Å². The van der Waals surface area contributed by atoms with E-state index in [0.29, 0.717) is 30.5 Å². The van der Waals surface area contributed by atoms with E-state index in [4.69, 9.17) is 4.74 Å². The zero-order chi connectivity index (χ0) is 20.1. The third-order valence-electron chi connectivity index (χ3n) is 4.67. The minimum absolute atomic E-state index is 0.0721. The van der Waals surface area contributed by atoms with Gasteiger partial charge in [-0.05, 0) is 29.8 Å². The van der Waals surface area contributed by atoms with Crippen molar-refractivity contribution in [2.24, 2.45) is 0 Å². The summed E-state index contributed by atoms with van der Waals surface area (Å²) < 4.78 is 20.6. The van der Waals surface area contributed by atoms with Crippen molar-refractivity contribution in [3.63, 3.8) is 0 Å². The van der Waals surface area contributed by atoms with E-state index in [-0.39, 0.29) is 17.4 Å². The Balaban J connectivity index is 1.54. The number of hydrogen-bond donors (Lipinski definition) is 0. The molecule has 1 aliphatic rings. The molecule has 0 saturated carbocycles. The van der Waals surface area contributed by atoms with Crippen molar-refractivity contribution < 1.29 is 13.9 Å². The minimum Gasteiger partial charge on any atom is -0.378 e. The summed E-state index contributed by atoms with van der Waals surface area (Å²) in [7, 11) is 0. The van der Waals surface area contributed by atoms with Gasteiger partial charge in [0.05, 0.1) is 25.5 Å². The van der Waals surface area contributed by atoms with Crippen molar-refractivity contribution in [3.05, 3.63) is 71.5 Å². The highest BCUT2D eigenvalue weighted by Gasteiger charge is 2.21. The van der Waals surface area contributed by atoms with Crippen LogP contribution in [-0.2, 0) is 11.3 Å². The summed E-state index contributed by atoms with van der Waals surface area (Å²) in [6.45, 7) is 3.44. The molecule has 0 bridgehead atoms. The number of benzene rings is 2. The van der Waals surface area contributed by atoms with Gasteiger partial charge in [-0.15, -0.1) is 10.2 Å². The lowest BCUT2D eigenvalue weighted by atomic mass is 10.1. The number of thioether (sulfide) groups is 1. The molecule has 4 rings (SSSR count). The SMILES string of the molecule is O=C(CSc1nnc(N2CCOCC2)n1Cc1ccccc1)c1ccc(F)cc1. The number of ketones is 1. The molecule has 1 aliphatic heterocycles. The molecular formula is C21H21FN4O2S. The highest BCUT2D eigenvalue weighted by Crippen LogP contribution is 2.25. The summed E-state index contributed by atoms with van der Waals surface area (Å²) in [4.78, 5) is 14.6. The number of anilines is 1. The van der Waals surface area contributed by atoms with Crippen molar-refractivity contribution in [1.29, 1.82) is 0 Å². The maximum Gasteiger partial charge on any atom is 0.228 e. The number of nitrogens with zero attached hydrogens (tertiary/aromatic N) is 4. The van der Waals surface area contributed by atoms with Crippen LogP contribution in [0.1, 0.15) is 15.9 Å². The molecule has 0 amide bonds. The van der Waals surface area contributed by atoms with E-state index < -0.39 is 0 Å². The molecule has 8 heteroatoms. The topological polar surface area (TPSA) is 60.3 Å². The van der Waals surface area contributed by atoms with Crippen LogP contribution in [0, 0.1) is 5.82 Å². The van der Waals surface area contributed by atoms with E-state index in [1.807, 2.05) is 22.8 Å². The lowest BCUT2D eigenvalue weighted by Gasteiger charge is -2.28. The molecule has 6 nitrogen and oxygen atoms in total. The molecule has 2 aromatic carbocycles. The first-order valence-electron chi connectivity index (χ1n) is 9.42. The summed E-state index contributed by atoms with van der Waals surface area (Å²) in [6, 6.07) is 15.7. The van der Waals surface area contributed by atoms with Gasteiger partial charge in [-0.2, -0.15) is 0 Å². The van der Waals surface area contributed by atoms with Gasteiger partial charge >= 0.3 is 0 Å². The van der Waals surface area contributed by atoms with E-state index in [1.54, 1.807) is 0 Å². The first-order valence-corrected chi connectivity index (χ1v) is 10.4. The lowest BCUT2D eigenvalue weighted by Crippen LogP contribution is -2.38. The number of rotatable bonds is 7. The Kier molecular flexibility index (Phi) is 6.21. The van der Waals surface area contributed by atoms with Crippen LogP contribution in [0.25, 0.3) is 0 Å². The van der Waals surface area contributed by atoms with Crippen molar-refractivity contribution in [1.82, 2.24) is 14.8 Å². The number of ether oxygens (including phenoxy) is 1. The number of carbonyl (C=O) groups excluding carboxylic acids is 1. The Morgan fingerprint density at radius 2 is 1.76 bits per heavy atom. The number of hydrogen-bond acceptors (Lipinski definition) is 6. The lowest BCUT2D eigenvalue weighted by molar-refractivity contribution is 0.102. The number of carbonyl (C=O) groups is 1. The number of aromatic nitrogens is 3. The van der Waals surface area contributed by atoms with Crippen molar-refractivity contribution in [2.45, 2.75) is 11.7 Å². The monoisotopic (exact) mass is 412 g/mol. The van der Waals surface area contributed by atoms with E-state index in [9.17, 15) is 9.18 Å². The first kappa shape index (κ1) is 19.6. The Morgan fingerprint density at radius 1 is 1.03 bits per heavy atom. The Bertz CT molecular complexity index is 957. The molecule has 1 fully saturated rings. The fourth-order valence-corrected chi connectivity index (χ4v) is 3.97. The summed E-state index contributed by atoms with van der Waals surface area (Å²) in [5.41, 5.74) is 1.62. The standard InChI is InChI=1S/C21H21FN4O2S/c22-18-8-6-17(7-9-18)19(27)15-29-21-24-23-20(25-10-12-28-13-11-25)26(21)14-16-4-2-1-3-5-16/h1-9H,10-15H2. The molecule has 0 atom stereocenters. The van der Waals surface area contributed by atoms with E-state index in [1.165, 1.54) is 36.0 Å². The molecule has 29 heavy (non-hydrogen) atoms. The average Bonchev–Trinajstić information content (AvgIpc) is 3.16. The molecule has 0 radical (unpaired) electrons. The van der Waals surface area contributed by atoms with Gasteiger partial charge in [0.1, 0.15) is 5.82 Å². The quantitative estimate of drug-likeness (QED) is 0.439. The van der Waals surface area contributed by atoms with Crippen LogP contribution in [0.4, 0.5) is 10.3 Å². The molecule has 2 heterocycles. The van der Waals surface area contributed by atoms with Gasteiger partial charge < -0.3 is 9.64 Å². The fraction of sp³-hybridized carbons (Fsp3) is 0.286. The Morgan fingerprint density at radius 3 is 2.48 bits per heavy atom. The zero-order valence-electron chi connectivity index (χ0n) is 15.8. The van der Waals surface area contributed by atoms with Crippen LogP contribution < -0.4 is 4.90 Å². The van der Waals surface area contributed by atoms with Gasteiger partial charge in [0.2, 0.25) is 5.95 Å². The van der Waals surface area contributed by atoms with Crippen LogP contribution in [0.2, 0.25) is 0 Å². The summed E-state index contributed by atoms with van der Waals surface area (Å²) in [5.74, 6) is 0.569. The van der Waals surface area contributed by atoms with Crippen molar-refractivity contribution in [2.75, 3.05) is 37.0 Å². The summed E-state index contributed by atoms with van der Waals surface area (Å²) in [6.07, 6.45) is 0. The molecule has 0 unspecified atom stereocenters. The highest BCUT2D eigenvalue weighted by atomic mass is 32.2. The second-order valence-corrected chi connectivity index (χ2v) is 7.61. The number of halogens is 1. The molecule has 1 aromatic heterocycles. The third-order valence-corrected chi connectivity index (χ3v) is 5.64. The Labute approximate surface area is 172 Å². The molecule has 0 N–H and O–H groups in total.